The second-order valence-corrected chi connectivity index (χ2v) is 5.40. The van der Waals surface area contributed by atoms with Crippen molar-refractivity contribution in [2.24, 2.45) is 0 Å². The topological polar surface area (TPSA) is 17.1 Å². The molecule has 0 aliphatic carbocycles. The lowest BCUT2D eigenvalue weighted by molar-refractivity contribution is 0.0993. The highest BCUT2D eigenvalue weighted by Gasteiger charge is 2.10. The van der Waals surface area contributed by atoms with Gasteiger partial charge in [0.1, 0.15) is 0 Å². The zero-order chi connectivity index (χ0) is 14.0. The largest absolute Gasteiger partial charge is 0.294 e. The molecule has 0 atom stereocenters. The van der Waals surface area contributed by atoms with E-state index in [1.54, 1.807) is 6.07 Å². The van der Waals surface area contributed by atoms with Gasteiger partial charge in [0.15, 0.2) is 5.78 Å². The minimum absolute atomic E-state index is 0.107. The van der Waals surface area contributed by atoms with Crippen molar-refractivity contribution in [1.29, 1.82) is 0 Å². The molecule has 0 saturated heterocycles. The van der Waals surface area contributed by atoms with E-state index in [0.29, 0.717) is 17.0 Å². The van der Waals surface area contributed by atoms with Gasteiger partial charge in [-0.15, -0.1) is 0 Å². The molecule has 2 aromatic rings. The van der Waals surface area contributed by atoms with Crippen LogP contribution in [0.25, 0.3) is 0 Å². The van der Waals surface area contributed by atoms with Crippen molar-refractivity contribution in [2.75, 3.05) is 0 Å². The molecule has 0 aliphatic rings. The Kier molecular flexibility index (Phi) is 4.06. The monoisotopic (exact) mass is 272 g/mol. The fraction of sp³-hybridized carbons (Fsp3) is 0.235. The summed E-state index contributed by atoms with van der Waals surface area (Å²) in [5, 5.41) is 0.645. The van der Waals surface area contributed by atoms with Crippen LogP contribution in [0.3, 0.4) is 0 Å². The zero-order valence-electron chi connectivity index (χ0n) is 11.5. The number of hydrogen-bond donors (Lipinski definition) is 0. The Morgan fingerprint density at radius 2 is 1.68 bits per heavy atom. The molecule has 0 unspecified atom stereocenters. The molecule has 0 fully saturated rings. The third-order valence-electron chi connectivity index (χ3n) is 3.35. The SMILES string of the molecule is Cc1ccc(C)c(CC(=O)c2ccc(C)c(Cl)c2)c1. The fourth-order valence-corrected chi connectivity index (χ4v) is 2.21. The van der Waals surface area contributed by atoms with E-state index in [0.717, 1.165) is 16.7 Å². The van der Waals surface area contributed by atoms with Gasteiger partial charge in [0.2, 0.25) is 0 Å². The minimum Gasteiger partial charge on any atom is -0.294 e. The molecule has 0 radical (unpaired) electrons. The van der Waals surface area contributed by atoms with Crippen LogP contribution < -0.4 is 0 Å². The Bertz CT molecular complexity index is 629. The summed E-state index contributed by atoms with van der Waals surface area (Å²) >= 11 is 6.07. The highest BCUT2D eigenvalue weighted by molar-refractivity contribution is 6.31. The standard InChI is InChI=1S/C17H17ClO/c1-11-4-5-12(2)15(8-11)10-17(19)14-7-6-13(3)16(18)9-14/h4-9H,10H2,1-3H3. The lowest BCUT2D eigenvalue weighted by Crippen LogP contribution is -2.05. The van der Waals surface area contributed by atoms with Crippen LogP contribution in [-0.2, 0) is 6.42 Å². The van der Waals surface area contributed by atoms with Gasteiger partial charge in [-0.25, -0.2) is 0 Å². The van der Waals surface area contributed by atoms with Gasteiger partial charge in [-0.2, -0.15) is 0 Å². The Labute approximate surface area is 119 Å². The van der Waals surface area contributed by atoms with Gasteiger partial charge < -0.3 is 0 Å². The summed E-state index contributed by atoms with van der Waals surface area (Å²) in [7, 11) is 0. The molecule has 19 heavy (non-hydrogen) atoms. The number of carbonyl (C=O) groups excluding carboxylic acids is 1. The van der Waals surface area contributed by atoms with Gasteiger partial charge in [-0.1, -0.05) is 47.5 Å². The Morgan fingerprint density at radius 1 is 1.00 bits per heavy atom. The fourth-order valence-electron chi connectivity index (χ4n) is 2.03. The average molecular weight is 273 g/mol. The second-order valence-electron chi connectivity index (χ2n) is 4.99. The number of rotatable bonds is 3. The maximum absolute atomic E-state index is 12.3. The smallest absolute Gasteiger partial charge is 0.167 e. The predicted molar refractivity (Wildman–Crippen MR) is 80.1 cm³/mol. The Hall–Kier alpha value is -1.60. The molecule has 2 aromatic carbocycles. The number of Topliss-reactive ketones (excluding diaryl/α,β-unsaturated/α-hetero) is 1. The van der Waals surface area contributed by atoms with Crippen LogP contribution in [0, 0.1) is 20.8 Å². The lowest BCUT2D eigenvalue weighted by Gasteiger charge is -2.07. The van der Waals surface area contributed by atoms with E-state index >= 15 is 0 Å². The summed E-state index contributed by atoms with van der Waals surface area (Å²) in [6.07, 6.45) is 0.424. The van der Waals surface area contributed by atoms with Crippen molar-refractivity contribution in [2.45, 2.75) is 27.2 Å². The Balaban J connectivity index is 2.25. The molecular formula is C17H17ClO. The molecular weight excluding hydrogens is 256 g/mol. The van der Waals surface area contributed by atoms with E-state index in [4.69, 9.17) is 11.6 Å². The molecule has 2 heteroatoms. The van der Waals surface area contributed by atoms with Crippen LogP contribution in [0.5, 0.6) is 0 Å². The van der Waals surface area contributed by atoms with Crippen LogP contribution >= 0.6 is 11.6 Å². The normalized spacial score (nSPS) is 10.5. The predicted octanol–water partition coefficient (Wildman–Crippen LogP) is 4.69. The zero-order valence-corrected chi connectivity index (χ0v) is 12.2. The van der Waals surface area contributed by atoms with Crippen molar-refractivity contribution in [1.82, 2.24) is 0 Å². The van der Waals surface area contributed by atoms with Crippen molar-refractivity contribution >= 4 is 17.4 Å². The van der Waals surface area contributed by atoms with Crippen LogP contribution in [0.1, 0.15) is 32.6 Å². The van der Waals surface area contributed by atoms with Gasteiger partial charge in [0, 0.05) is 17.0 Å². The van der Waals surface area contributed by atoms with Crippen molar-refractivity contribution in [3.63, 3.8) is 0 Å². The molecule has 0 aliphatic heterocycles. The summed E-state index contributed by atoms with van der Waals surface area (Å²) in [4.78, 5) is 12.3. The molecule has 2 rings (SSSR count). The quantitative estimate of drug-likeness (QED) is 0.741. The Morgan fingerprint density at radius 3 is 2.37 bits per heavy atom. The molecule has 98 valence electrons. The van der Waals surface area contributed by atoms with Crippen molar-refractivity contribution in [3.8, 4) is 0 Å². The lowest BCUT2D eigenvalue weighted by atomic mass is 9.97. The maximum Gasteiger partial charge on any atom is 0.167 e. The molecule has 0 spiro atoms. The van der Waals surface area contributed by atoms with Crippen LogP contribution in [0.2, 0.25) is 5.02 Å². The van der Waals surface area contributed by atoms with Gasteiger partial charge in [-0.05, 0) is 43.5 Å². The first-order chi connectivity index (χ1) is 8.97. The van der Waals surface area contributed by atoms with Crippen molar-refractivity contribution in [3.05, 3.63) is 69.2 Å². The maximum atomic E-state index is 12.3. The molecule has 0 bridgehead atoms. The average Bonchev–Trinajstić information content (AvgIpc) is 2.37. The van der Waals surface area contributed by atoms with Gasteiger partial charge >= 0.3 is 0 Å². The number of ketones is 1. The summed E-state index contributed by atoms with van der Waals surface area (Å²) in [6, 6.07) is 11.7. The van der Waals surface area contributed by atoms with Crippen LogP contribution in [-0.4, -0.2) is 5.78 Å². The van der Waals surface area contributed by atoms with Gasteiger partial charge in [-0.3, -0.25) is 4.79 Å². The molecule has 0 heterocycles. The number of hydrogen-bond acceptors (Lipinski definition) is 1. The van der Waals surface area contributed by atoms with E-state index in [1.165, 1.54) is 5.56 Å². The van der Waals surface area contributed by atoms with E-state index < -0.39 is 0 Å². The molecule has 1 nitrogen and oxygen atoms in total. The summed E-state index contributed by atoms with van der Waals surface area (Å²) in [5.41, 5.74) is 5.08. The number of benzene rings is 2. The van der Waals surface area contributed by atoms with E-state index in [9.17, 15) is 4.79 Å². The van der Waals surface area contributed by atoms with E-state index in [2.05, 4.69) is 18.2 Å². The van der Waals surface area contributed by atoms with Crippen molar-refractivity contribution < 1.29 is 4.79 Å². The number of carbonyl (C=O) groups is 1. The van der Waals surface area contributed by atoms with Gasteiger partial charge in [0.05, 0.1) is 0 Å². The third kappa shape index (κ3) is 3.24. The third-order valence-corrected chi connectivity index (χ3v) is 3.76. The molecule has 0 N–H and O–H groups in total. The molecule has 0 saturated carbocycles. The first-order valence-electron chi connectivity index (χ1n) is 6.33. The molecule has 0 aromatic heterocycles. The summed E-state index contributed by atoms with van der Waals surface area (Å²) in [6.45, 7) is 6.00. The minimum atomic E-state index is 0.107. The van der Waals surface area contributed by atoms with E-state index in [1.807, 2.05) is 32.9 Å². The first kappa shape index (κ1) is 13.8. The first-order valence-corrected chi connectivity index (χ1v) is 6.70. The highest BCUT2D eigenvalue weighted by Crippen LogP contribution is 2.19. The molecule has 0 amide bonds. The number of aryl methyl sites for hydroxylation is 3. The highest BCUT2D eigenvalue weighted by atomic mass is 35.5. The van der Waals surface area contributed by atoms with Crippen LogP contribution in [0.4, 0.5) is 0 Å². The second kappa shape index (κ2) is 5.58. The number of halogens is 1. The summed E-state index contributed by atoms with van der Waals surface area (Å²) in [5.74, 6) is 0.107. The summed E-state index contributed by atoms with van der Waals surface area (Å²) < 4.78 is 0. The van der Waals surface area contributed by atoms with Gasteiger partial charge in [0.25, 0.3) is 0 Å². The van der Waals surface area contributed by atoms with E-state index in [-0.39, 0.29) is 5.78 Å². The van der Waals surface area contributed by atoms with Crippen LogP contribution in [0.15, 0.2) is 36.4 Å².